The summed E-state index contributed by atoms with van der Waals surface area (Å²) in [5.41, 5.74) is 11.8. The molecule has 0 unspecified atom stereocenters. The van der Waals surface area contributed by atoms with Crippen LogP contribution in [0.3, 0.4) is 0 Å². The van der Waals surface area contributed by atoms with Gasteiger partial charge >= 0.3 is 0 Å². The molecule has 186 valence electrons. The van der Waals surface area contributed by atoms with Crippen LogP contribution < -0.4 is 0 Å². The molecule has 0 saturated heterocycles. The van der Waals surface area contributed by atoms with Crippen molar-refractivity contribution in [2.45, 2.75) is 33.6 Å². The molecule has 6 rings (SSSR count). The van der Waals surface area contributed by atoms with Crippen LogP contribution in [0.15, 0.2) is 109 Å². The van der Waals surface area contributed by atoms with Gasteiger partial charge in [-0.15, -0.1) is 0 Å². The monoisotopic (exact) mass is 510 g/mol. The quantitative estimate of drug-likeness (QED) is 0.216. The molecule has 0 fully saturated rings. The fraction of sp³-hybridized carbons (Fsp3) is 0.135. The van der Waals surface area contributed by atoms with E-state index in [2.05, 4.69) is 124 Å². The Morgan fingerprint density at radius 3 is 1.53 bits per heavy atom. The summed E-state index contributed by atoms with van der Waals surface area (Å²) < 4.78 is 0. The topological polar surface area (TPSA) is 0 Å². The Morgan fingerprint density at radius 2 is 1.03 bits per heavy atom. The van der Waals surface area contributed by atoms with Crippen LogP contribution in [-0.4, -0.2) is 0 Å². The zero-order valence-electron chi connectivity index (χ0n) is 22.2. The normalized spacial score (nSPS) is 11.4. The molecule has 0 aliphatic rings. The van der Waals surface area contributed by atoms with E-state index in [1.807, 2.05) is 6.07 Å². The van der Waals surface area contributed by atoms with Crippen molar-refractivity contribution in [3.05, 3.63) is 131 Å². The summed E-state index contributed by atoms with van der Waals surface area (Å²) in [6.07, 6.45) is 1.87. The zero-order chi connectivity index (χ0) is 26.2. The summed E-state index contributed by atoms with van der Waals surface area (Å²) in [6, 6.07) is 39.6. The van der Waals surface area contributed by atoms with E-state index < -0.39 is 0 Å². The summed E-state index contributed by atoms with van der Waals surface area (Å²) in [5.74, 6) is 0. The lowest BCUT2D eigenvalue weighted by Gasteiger charge is -2.24. The van der Waals surface area contributed by atoms with Gasteiger partial charge in [0.1, 0.15) is 0 Å². The van der Waals surface area contributed by atoms with Gasteiger partial charge in [0.2, 0.25) is 0 Å². The van der Waals surface area contributed by atoms with Crippen LogP contribution in [0.2, 0.25) is 5.02 Å². The van der Waals surface area contributed by atoms with E-state index in [1.165, 1.54) is 71.6 Å². The molecule has 38 heavy (non-hydrogen) atoms. The standard InChI is InChI=1S/C37H31Cl/c1-4-30-34(25-15-10-12-24(3)20-25)22-27-13-6-8-18-32(27)36(30)37-31(5-2)35(26-16-11-17-29(38)21-26)23-28-14-7-9-19-33(28)37/h6-23H,4-5H2,1-3H3. The smallest absolute Gasteiger partial charge is 0.0412 e. The molecule has 0 radical (unpaired) electrons. The lowest BCUT2D eigenvalue weighted by atomic mass is 9.80. The molecule has 0 N–H and O–H groups in total. The average Bonchev–Trinajstić information content (AvgIpc) is 2.95. The molecule has 0 spiro atoms. The molecule has 0 aliphatic heterocycles. The number of rotatable bonds is 5. The second kappa shape index (κ2) is 10.1. The number of hydrogen-bond donors (Lipinski definition) is 0. The fourth-order valence-electron chi connectivity index (χ4n) is 6.07. The van der Waals surface area contributed by atoms with Crippen molar-refractivity contribution in [3.63, 3.8) is 0 Å². The Kier molecular flexibility index (Phi) is 6.52. The maximum Gasteiger partial charge on any atom is 0.0412 e. The first kappa shape index (κ1) is 24.5. The third kappa shape index (κ3) is 4.20. The zero-order valence-corrected chi connectivity index (χ0v) is 22.9. The number of benzene rings is 6. The second-order valence-electron chi connectivity index (χ2n) is 10.1. The molecule has 0 saturated carbocycles. The summed E-state index contributed by atoms with van der Waals surface area (Å²) >= 11 is 6.49. The number of hydrogen-bond acceptors (Lipinski definition) is 0. The van der Waals surface area contributed by atoms with Gasteiger partial charge in [0.25, 0.3) is 0 Å². The molecule has 0 atom stereocenters. The molecule has 1 heteroatoms. The molecule has 0 nitrogen and oxygen atoms in total. The van der Waals surface area contributed by atoms with E-state index in [0.29, 0.717) is 0 Å². The predicted molar refractivity (Wildman–Crippen MR) is 166 cm³/mol. The maximum atomic E-state index is 6.49. The summed E-state index contributed by atoms with van der Waals surface area (Å²) in [5, 5.41) is 5.90. The molecule has 6 aromatic rings. The average molecular weight is 511 g/mol. The van der Waals surface area contributed by atoms with Crippen LogP contribution in [0.5, 0.6) is 0 Å². The lowest BCUT2D eigenvalue weighted by Crippen LogP contribution is -2.01. The van der Waals surface area contributed by atoms with Crippen LogP contribution in [0.1, 0.15) is 30.5 Å². The Morgan fingerprint density at radius 1 is 0.526 bits per heavy atom. The highest BCUT2D eigenvalue weighted by atomic mass is 35.5. The van der Waals surface area contributed by atoms with Gasteiger partial charge in [0.15, 0.2) is 0 Å². The van der Waals surface area contributed by atoms with Gasteiger partial charge < -0.3 is 0 Å². The third-order valence-corrected chi connectivity index (χ3v) is 7.97. The van der Waals surface area contributed by atoms with E-state index in [0.717, 1.165) is 17.9 Å². The van der Waals surface area contributed by atoms with Crippen molar-refractivity contribution in [3.8, 4) is 33.4 Å². The Labute approximate surface area is 230 Å². The van der Waals surface area contributed by atoms with E-state index in [1.54, 1.807) is 0 Å². The van der Waals surface area contributed by atoms with Gasteiger partial charge in [0, 0.05) is 5.02 Å². The Balaban J connectivity index is 1.81. The van der Waals surface area contributed by atoms with E-state index in [-0.39, 0.29) is 0 Å². The van der Waals surface area contributed by atoms with E-state index in [4.69, 9.17) is 11.6 Å². The van der Waals surface area contributed by atoms with Gasteiger partial charge in [0.05, 0.1) is 0 Å². The molecule has 0 amide bonds. The summed E-state index contributed by atoms with van der Waals surface area (Å²) in [4.78, 5) is 0. The minimum atomic E-state index is 0.764. The largest absolute Gasteiger partial charge is 0.0843 e. The minimum absolute atomic E-state index is 0.764. The Hall–Kier alpha value is -3.87. The van der Waals surface area contributed by atoms with Gasteiger partial charge in [-0.05, 0) is 110 Å². The summed E-state index contributed by atoms with van der Waals surface area (Å²) in [6.45, 7) is 6.75. The predicted octanol–water partition coefficient (Wildman–Crippen LogP) is 11.1. The summed E-state index contributed by atoms with van der Waals surface area (Å²) in [7, 11) is 0. The highest BCUT2D eigenvalue weighted by Crippen LogP contribution is 2.46. The van der Waals surface area contributed by atoms with E-state index in [9.17, 15) is 0 Å². The van der Waals surface area contributed by atoms with Crippen LogP contribution in [0.4, 0.5) is 0 Å². The van der Waals surface area contributed by atoms with Crippen LogP contribution in [0, 0.1) is 6.92 Å². The first-order chi connectivity index (χ1) is 18.6. The van der Waals surface area contributed by atoms with Crippen molar-refractivity contribution in [1.29, 1.82) is 0 Å². The Bertz CT molecular complexity index is 1670. The van der Waals surface area contributed by atoms with E-state index >= 15 is 0 Å². The first-order valence-corrected chi connectivity index (χ1v) is 13.9. The van der Waals surface area contributed by atoms with Gasteiger partial charge in [-0.2, -0.15) is 0 Å². The molecule has 0 bridgehead atoms. The second-order valence-corrected chi connectivity index (χ2v) is 10.5. The molecule has 0 aliphatic carbocycles. The van der Waals surface area contributed by atoms with Crippen LogP contribution in [-0.2, 0) is 12.8 Å². The van der Waals surface area contributed by atoms with Crippen molar-refractivity contribution in [1.82, 2.24) is 0 Å². The number of aryl methyl sites for hydroxylation is 1. The van der Waals surface area contributed by atoms with Gasteiger partial charge in [-0.25, -0.2) is 0 Å². The molecular formula is C37H31Cl. The first-order valence-electron chi connectivity index (χ1n) is 13.5. The SMILES string of the molecule is CCc1c(-c2cccc(C)c2)cc2ccccc2c1-c1c(CC)c(-c2cccc(Cl)c2)cc2ccccc12. The van der Waals surface area contributed by atoms with Crippen molar-refractivity contribution in [2.24, 2.45) is 0 Å². The fourth-order valence-corrected chi connectivity index (χ4v) is 6.26. The van der Waals surface area contributed by atoms with Crippen LogP contribution in [0.25, 0.3) is 54.9 Å². The molecule has 0 heterocycles. The lowest BCUT2D eigenvalue weighted by molar-refractivity contribution is 1.13. The van der Waals surface area contributed by atoms with Crippen LogP contribution >= 0.6 is 11.6 Å². The number of halogens is 1. The molecule has 6 aromatic carbocycles. The highest BCUT2D eigenvalue weighted by molar-refractivity contribution is 6.30. The highest BCUT2D eigenvalue weighted by Gasteiger charge is 2.22. The molecular weight excluding hydrogens is 480 g/mol. The minimum Gasteiger partial charge on any atom is -0.0843 e. The van der Waals surface area contributed by atoms with Crippen molar-refractivity contribution >= 4 is 33.1 Å². The van der Waals surface area contributed by atoms with Crippen molar-refractivity contribution < 1.29 is 0 Å². The maximum absolute atomic E-state index is 6.49. The number of fused-ring (bicyclic) bond motifs is 2. The molecule has 0 aromatic heterocycles. The third-order valence-electron chi connectivity index (χ3n) is 7.74. The van der Waals surface area contributed by atoms with Gasteiger partial charge in [-0.3, -0.25) is 0 Å². The van der Waals surface area contributed by atoms with Crippen molar-refractivity contribution in [2.75, 3.05) is 0 Å². The van der Waals surface area contributed by atoms with Gasteiger partial charge in [-0.1, -0.05) is 116 Å².